The van der Waals surface area contributed by atoms with Gasteiger partial charge in [-0.05, 0) is 12.5 Å². The minimum absolute atomic E-state index is 0.202. The van der Waals surface area contributed by atoms with E-state index in [4.69, 9.17) is 15.2 Å². The van der Waals surface area contributed by atoms with Crippen LogP contribution in [-0.2, 0) is 14.9 Å². The number of amidine groups is 1. The summed E-state index contributed by atoms with van der Waals surface area (Å²) in [6.45, 7) is 3.85. The van der Waals surface area contributed by atoms with Crippen molar-refractivity contribution in [1.29, 1.82) is 10.5 Å². The number of nitrogens with one attached hydrogen (secondary N) is 1. The van der Waals surface area contributed by atoms with Gasteiger partial charge in [-0.1, -0.05) is 36.8 Å². The molecule has 3 atom stereocenters. The molecule has 1 aromatic rings. The molecule has 1 saturated carbocycles. The SMILES string of the molecule is COC1(OC)[NH+]=C(N)[C@@]2(C#N)[C@](C)(c3ccc(C)cc3)[C@@]12C#N. The number of methoxy groups -OCH3 is 2. The molecule has 118 valence electrons. The van der Waals surface area contributed by atoms with Gasteiger partial charge in [-0.2, -0.15) is 10.5 Å². The van der Waals surface area contributed by atoms with Crippen LogP contribution in [0.1, 0.15) is 18.1 Å². The molecule has 6 heteroatoms. The number of aryl methyl sites for hydroxylation is 1. The first-order valence-corrected chi connectivity index (χ1v) is 7.28. The molecule has 0 radical (unpaired) electrons. The fourth-order valence-corrected chi connectivity index (χ4v) is 4.47. The summed E-state index contributed by atoms with van der Waals surface area (Å²) >= 11 is 0. The first kappa shape index (κ1) is 15.5. The van der Waals surface area contributed by atoms with E-state index in [-0.39, 0.29) is 5.84 Å². The quantitative estimate of drug-likeness (QED) is 0.744. The smallest absolute Gasteiger partial charge is 0.317 e. The lowest BCUT2D eigenvalue weighted by Gasteiger charge is -2.30. The second-order valence-electron chi connectivity index (χ2n) is 6.28. The zero-order valence-corrected chi connectivity index (χ0v) is 13.6. The number of hydrogen-bond acceptors (Lipinski definition) is 5. The van der Waals surface area contributed by atoms with Crippen molar-refractivity contribution >= 4 is 5.84 Å². The van der Waals surface area contributed by atoms with Crippen LogP contribution in [0.3, 0.4) is 0 Å². The molecule has 1 aromatic carbocycles. The second-order valence-corrected chi connectivity index (χ2v) is 6.28. The topological polar surface area (TPSA) is 106 Å². The predicted molar refractivity (Wildman–Crippen MR) is 81.5 cm³/mol. The third-order valence-electron chi connectivity index (χ3n) is 5.74. The van der Waals surface area contributed by atoms with Gasteiger partial charge in [-0.3, -0.25) is 5.73 Å². The number of nitriles is 2. The van der Waals surface area contributed by atoms with Gasteiger partial charge in [0.25, 0.3) is 5.84 Å². The van der Waals surface area contributed by atoms with E-state index >= 15 is 0 Å². The van der Waals surface area contributed by atoms with Crippen molar-refractivity contribution in [3.8, 4) is 12.1 Å². The van der Waals surface area contributed by atoms with Crippen molar-refractivity contribution in [3.63, 3.8) is 0 Å². The number of nitrogens with zero attached hydrogens (tertiary/aromatic N) is 2. The van der Waals surface area contributed by atoms with E-state index in [0.29, 0.717) is 0 Å². The Morgan fingerprint density at radius 3 is 2.09 bits per heavy atom. The molecule has 1 aliphatic heterocycles. The van der Waals surface area contributed by atoms with E-state index in [2.05, 4.69) is 17.1 Å². The van der Waals surface area contributed by atoms with Crippen molar-refractivity contribution in [2.75, 3.05) is 14.2 Å². The van der Waals surface area contributed by atoms with Crippen LogP contribution in [0, 0.1) is 40.4 Å². The Labute approximate surface area is 135 Å². The van der Waals surface area contributed by atoms with Crippen LogP contribution in [-0.4, -0.2) is 26.0 Å². The Morgan fingerprint density at radius 2 is 1.65 bits per heavy atom. The first-order chi connectivity index (χ1) is 10.9. The number of benzene rings is 1. The molecule has 0 aromatic heterocycles. The lowest BCUT2D eigenvalue weighted by atomic mass is 9.84. The number of nitrogens with two attached hydrogens (primary N) is 1. The summed E-state index contributed by atoms with van der Waals surface area (Å²) in [5.74, 6) is -1.27. The molecule has 23 heavy (non-hydrogen) atoms. The normalized spacial score (nSPS) is 36.5. The van der Waals surface area contributed by atoms with Crippen LogP contribution in [0.25, 0.3) is 0 Å². The summed E-state index contributed by atoms with van der Waals surface area (Å²) in [5, 5.41) is 20.0. The molecule has 0 unspecified atom stereocenters. The highest BCUT2D eigenvalue weighted by Crippen LogP contribution is 2.82. The summed E-state index contributed by atoms with van der Waals surface area (Å²) in [5.41, 5.74) is 4.76. The van der Waals surface area contributed by atoms with Gasteiger partial charge in [0, 0.05) is 14.2 Å². The Morgan fingerprint density at radius 1 is 1.09 bits per heavy atom. The zero-order valence-electron chi connectivity index (χ0n) is 13.6. The Hall–Kier alpha value is -2.41. The number of fused-ring (bicyclic) bond motifs is 1. The van der Waals surface area contributed by atoms with Gasteiger partial charge in [0.1, 0.15) is 0 Å². The third kappa shape index (κ3) is 1.22. The van der Waals surface area contributed by atoms with Crippen molar-refractivity contribution < 1.29 is 14.5 Å². The van der Waals surface area contributed by atoms with E-state index < -0.39 is 22.2 Å². The molecule has 0 spiro atoms. The molecule has 1 aliphatic carbocycles. The molecule has 0 bridgehead atoms. The summed E-state index contributed by atoms with van der Waals surface area (Å²) < 4.78 is 11.1. The lowest BCUT2D eigenvalue weighted by Crippen LogP contribution is -2.91. The highest BCUT2D eigenvalue weighted by Gasteiger charge is 3.02. The van der Waals surface area contributed by atoms with Gasteiger partial charge in [0.05, 0.1) is 17.6 Å². The lowest BCUT2D eigenvalue weighted by molar-refractivity contribution is -0.688. The molecular formula is C17H19N4O2+. The summed E-state index contributed by atoms with van der Waals surface area (Å²) in [6.07, 6.45) is 0. The molecule has 2 aliphatic rings. The molecule has 1 fully saturated rings. The number of hydrogen-bond donors (Lipinski definition) is 2. The van der Waals surface area contributed by atoms with E-state index in [0.717, 1.165) is 11.1 Å². The molecule has 1 heterocycles. The Bertz CT molecular complexity index is 784. The summed E-state index contributed by atoms with van der Waals surface area (Å²) in [4.78, 5) is 2.89. The standard InChI is InChI=1S/C17H18N4O2/c1-11-5-7-12(8-6-11)14(2)15(9-18)13(20)21-17(22-3,23-4)16(14,15)10-19/h5-8H,1-4H3,(H2,20,21)/p+1/t14-,15-,16+/m0/s1. The third-order valence-corrected chi connectivity index (χ3v) is 5.74. The second kappa shape index (κ2) is 4.32. The van der Waals surface area contributed by atoms with Gasteiger partial charge in [-0.15, -0.1) is 0 Å². The van der Waals surface area contributed by atoms with E-state index in [1.54, 1.807) is 0 Å². The van der Waals surface area contributed by atoms with Crippen LogP contribution in [0.5, 0.6) is 0 Å². The van der Waals surface area contributed by atoms with Crippen LogP contribution in [0.15, 0.2) is 24.3 Å². The maximum absolute atomic E-state index is 10.1. The predicted octanol–water partition coefficient (Wildman–Crippen LogP) is -0.316. The molecule has 3 N–H and O–H groups in total. The number of ether oxygens (including phenoxy) is 2. The highest BCUT2D eigenvalue weighted by molar-refractivity contribution is 5.97. The van der Waals surface area contributed by atoms with Crippen molar-refractivity contribution in [3.05, 3.63) is 35.4 Å². The zero-order chi connectivity index (χ0) is 17.1. The van der Waals surface area contributed by atoms with Crippen LogP contribution in [0.4, 0.5) is 0 Å². The fraction of sp³-hybridized carbons (Fsp3) is 0.471. The minimum atomic E-state index is -1.47. The maximum atomic E-state index is 10.1. The highest BCUT2D eigenvalue weighted by atomic mass is 16.7. The fourth-order valence-electron chi connectivity index (χ4n) is 4.47. The van der Waals surface area contributed by atoms with E-state index in [9.17, 15) is 10.5 Å². The van der Waals surface area contributed by atoms with Crippen molar-refractivity contribution in [2.45, 2.75) is 25.2 Å². The largest absolute Gasteiger partial charge is 0.343 e. The molecule has 3 rings (SSSR count). The van der Waals surface area contributed by atoms with E-state index in [1.165, 1.54) is 14.2 Å². The molecular weight excluding hydrogens is 292 g/mol. The van der Waals surface area contributed by atoms with Crippen molar-refractivity contribution in [2.24, 2.45) is 16.6 Å². The van der Waals surface area contributed by atoms with Gasteiger partial charge < -0.3 is 9.47 Å². The van der Waals surface area contributed by atoms with Gasteiger partial charge in [0.15, 0.2) is 10.8 Å². The van der Waals surface area contributed by atoms with Gasteiger partial charge in [0.2, 0.25) is 0 Å². The summed E-state index contributed by atoms with van der Waals surface area (Å²) in [7, 11) is 2.87. The molecule has 0 amide bonds. The van der Waals surface area contributed by atoms with Gasteiger partial charge >= 0.3 is 5.91 Å². The molecule has 6 nitrogen and oxygen atoms in total. The maximum Gasteiger partial charge on any atom is 0.343 e. The van der Waals surface area contributed by atoms with Crippen molar-refractivity contribution in [1.82, 2.24) is 0 Å². The van der Waals surface area contributed by atoms with E-state index in [1.807, 2.05) is 38.1 Å². The Kier molecular flexibility index (Phi) is 2.91. The average molecular weight is 311 g/mol. The van der Waals surface area contributed by atoms with Gasteiger partial charge in [-0.25, -0.2) is 4.99 Å². The summed E-state index contributed by atoms with van der Waals surface area (Å²) in [6, 6.07) is 12.3. The first-order valence-electron chi connectivity index (χ1n) is 7.28. The minimum Gasteiger partial charge on any atom is -0.317 e. The molecule has 0 saturated heterocycles. The number of rotatable bonds is 3. The average Bonchev–Trinajstić information content (AvgIpc) is 2.97. The Balaban J connectivity index is 2.33. The van der Waals surface area contributed by atoms with Crippen LogP contribution >= 0.6 is 0 Å². The monoisotopic (exact) mass is 311 g/mol. The van der Waals surface area contributed by atoms with Crippen LogP contribution in [0.2, 0.25) is 0 Å². The van der Waals surface area contributed by atoms with Crippen LogP contribution < -0.4 is 10.7 Å².